The summed E-state index contributed by atoms with van der Waals surface area (Å²) in [7, 11) is 0. The summed E-state index contributed by atoms with van der Waals surface area (Å²) >= 11 is 5.56. The van der Waals surface area contributed by atoms with Gasteiger partial charge in [-0.05, 0) is 6.07 Å². The van der Waals surface area contributed by atoms with E-state index in [0.29, 0.717) is 16.8 Å². The minimum atomic E-state index is -4.69. The van der Waals surface area contributed by atoms with Crippen molar-refractivity contribution in [3.63, 3.8) is 0 Å². The van der Waals surface area contributed by atoms with E-state index in [1.54, 1.807) is 0 Å². The first-order valence-corrected chi connectivity index (χ1v) is 7.73. The number of halogens is 4. The van der Waals surface area contributed by atoms with E-state index >= 15 is 0 Å². The number of carbonyl (C=O) groups is 2. The maximum absolute atomic E-state index is 12.8. The summed E-state index contributed by atoms with van der Waals surface area (Å²) in [6.07, 6.45) is -4.56. The maximum Gasteiger partial charge on any atom is 0.417 e. The molecule has 0 aromatic carbocycles. The van der Waals surface area contributed by atoms with E-state index < -0.39 is 40.9 Å². The minimum absolute atomic E-state index is 0.151. The zero-order chi connectivity index (χ0) is 18.4. The maximum atomic E-state index is 12.8. The summed E-state index contributed by atoms with van der Waals surface area (Å²) in [6, 6.07) is 0.248. The van der Waals surface area contributed by atoms with E-state index in [9.17, 15) is 27.6 Å². The number of rotatable bonds is 2. The smallest absolute Gasteiger partial charge is 0.417 e. The quantitative estimate of drug-likeness (QED) is 0.773. The van der Waals surface area contributed by atoms with Crippen LogP contribution in [0.1, 0.15) is 5.56 Å². The Morgan fingerprint density at radius 2 is 2.04 bits per heavy atom. The molecular weight excluding hydrogens is 367 g/mol. The monoisotopic (exact) mass is 379 g/mol. The molecule has 0 saturated carbocycles. The molecule has 7 nitrogen and oxygen atoms in total. The van der Waals surface area contributed by atoms with Crippen molar-refractivity contribution >= 4 is 23.6 Å². The van der Waals surface area contributed by atoms with E-state index in [0.717, 1.165) is 0 Å². The molecule has 3 rings (SSSR count). The average molecular weight is 380 g/mol. The normalized spacial score (nSPS) is 20.5. The van der Waals surface area contributed by atoms with E-state index in [1.807, 2.05) is 0 Å². The molecule has 2 amide bonds. The van der Waals surface area contributed by atoms with Gasteiger partial charge in [-0.1, -0.05) is 11.6 Å². The lowest BCUT2D eigenvalue weighted by atomic mass is 10.2. The van der Waals surface area contributed by atoms with Gasteiger partial charge in [-0.3, -0.25) is 14.5 Å². The van der Waals surface area contributed by atoms with Gasteiger partial charge in [0, 0.05) is 25.8 Å². The van der Waals surface area contributed by atoms with Gasteiger partial charge in [-0.2, -0.15) is 13.2 Å². The molecule has 3 heterocycles. The highest BCUT2D eigenvalue weighted by Gasteiger charge is 2.39. The third-order valence-corrected chi connectivity index (χ3v) is 4.42. The van der Waals surface area contributed by atoms with Crippen molar-refractivity contribution in [3.8, 4) is 0 Å². The molecule has 136 valence electrons. The second-order valence-corrected chi connectivity index (χ2v) is 6.18. The molecule has 25 heavy (non-hydrogen) atoms. The third kappa shape index (κ3) is 3.44. The van der Waals surface area contributed by atoms with E-state index in [4.69, 9.17) is 16.3 Å². The van der Waals surface area contributed by atoms with Crippen molar-refractivity contribution in [2.45, 2.75) is 18.8 Å². The third-order valence-electron chi connectivity index (χ3n) is 4.14. The second kappa shape index (κ2) is 6.25. The Morgan fingerprint density at radius 3 is 2.72 bits per heavy atom. The zero-order valence-electron chi connectivity index (χ0n) is 12.8. The first kappa shape index (κ1) is 17.6. The Kier molecular flexibility index (Phi) is 4.40. The molecule has 2 aliphatic heterocycles. The van der Waals surface area contributed by atoms with Crippen molar-refractivity contribution in [1.29, 1.82) is 0 Å². The molecule has 1 aromatic rings. The first-order valence-electron chi connectivity index (χ1n) is 7.35. The van der Waals surface area contributed by atoms with Crippen LogP contribution in [-0.4, -0.2) is 58.7 Å². The van der Waals surface area contributed by atoms with Gasteiger partial charge in [-0.25, -0.2) is 4.79 Å². The molecule has 2 aliphatic rings. The molecule has 2 saturated heterocycles. The van der Waals surface area contributed by atoms with Crippen LogP contribution in [0, 0.1) is 0 Å². The van der Waals surface area contributed by atoms with Crippen molar-refractivity contribution in [1.82, 2.24) is 14.4 Å². The largest absolute Gasteiger partial charge is 0.447 e. The number of hydrogen-bond donors (Lipinski definition) is 0. The molecule has 1 aromatic heterocycles. The second-order valence-electron chi connectivity index (χ2n) is 5.77. The Hall–Kier alpha value is -2.23. The first-order chi connectivity index (χ1) is 11.7. The number of pyridine rings is 1. The van der Waals surface area contributed by atoms with Gasteiger partial charge in [0.25, 0.3) is 5.56 Å². The van der Waals surface area contributed by atoms with Crippen LogP contribution < -0.4 is 5.56 Å². The average Bonchev–Trinajstić information content (AvgIpc) is 2.91. The van der Waals surface area contributed by atoms with Gasteiger partial charge in [0.05, 0.1) is 11.6 Å². The van der Waals surface area contributed by atoms with E-state index in [-0.39, 0.29) is 32.3 Å². The van der Waals surface area contributed by atoms with Crippen LogP contribution in [0.3, 0.4) is 0 Å². The van der Waals surface area contributed by atoms with E-state index in [1.165, 1.54) is 9.80 Å². The summed E-state index contributed by atoms with van der Waals surface area (Å²) in [6.45, 7) is 0.271. The highest BCUT2D eigenvalue weighted by atomic mass is 35.5. The van der Waals surface area contributed by atoms with Gasteiger partial charge in [0.1, 0.15) is 18.2 Å². The number of hydrogen-bond acceptors (Lipinski definition) is 4. The number of nitrogens with zero attached hydrogens (tertiary/aromatic N) is 3. The lowest BCUT2D eigenvalue weighted by Crippen LogP contribution is -2.54. The minimum Gasteiger partial charge on any atom is -0.447 e. The SMILES string of the molecule is O=C(Cn1cc(C(F)(F)F)cc(Cl)c1=O)N1CCN2C(=O)OCC2C1. The number of piperazine rings is 1. The summed E-state index contributed by atoms with van der Waals surface area (Å²) in [5.74, 6) is -0.531. The van der Waals surface area contributed by atoms with Crippen LogP contribution in [0.4, 0.5) is 18.0 Å². The Morgan fingerprint density at radius 1 is 1.32 bits per heavy atom. The van der Waals surface area contributed by atoms with Gasteiger partial charge in [-0.15, -0.1) is 0 Å². The summed E-state index contributed by atoms with van der Waals surface area (Å²) < 4.78 is 44.0. The van der Waals surface area contributed by atoms with Crippen LogP contribution in [0.5, 0.6) is 0 Å². The Labute approximate surface area is 144 Å². The summed E-state index contributed by atoms with van der Waals surface area (Å²) in [5.41, 5.74) is -1.98. The molecule has 0 aliphatic carbocycles. The number of cyclic esters (lactones) is 1. The van der Waals surface area contributed by atoms with E-state index in [2.05, 4.69) is 0 Å². The van der Waals surface area contributed by atoms with Gasteiger partial charge < -0.3 is 14.2 Å². The molecule has 1 unspecified atom stereocenters. The number of fused-ring (bicyclic) bond motifs is 1. The number of amides is 2. The molecule has 2 fully saturated rings. The molecule has 0 spiro atoms. The van der Waals surface area contributed by atoms with Crippen molar-refractivity contribution in [2.75, 3.05) is 26.2 Å². The number of alkyl halides is 3. The predicted octanol–water partition coefficient (Wildman–Crippen LogP) is 1.18. The molecule has 0 radical (unpaired) electrons. The Bertz CT molecular complexity index is 780. The van der Waals surface area contributed by atoms with Gasteiger partial charge in [0.2, 0.25) is 5.91 Å². The fraction of sp³-hybridized carbons (Fsp3) is 0.500. The lowest BCUT2D eigenvalue weighted by Gasteiger charge is -2.35. The highest BCUT2D eigenvalue weighted by Crippen LogP contribution is 2.29. The van der Waals surface area contributed by atoms with Gasteiger partial charge >= 0.3 is 12.3 Å². The molecule has 1 atom stereocenters. The molecule has 0 N–H and O–H groups in total. The summed E-state index contributed by atoms with van der Waals surface area (Å²) in [4.78, 5) is 38.6. The number of aromatic nitrogens is 1. The van der Waals surface area contributed by atoms with Gasteiger partial charge in [0.15, 0.2) is 0 Å². The lowest BCUT2D eigenvalue weighted by molar-refractivity contribution is -0.139. The highest BCUT2D eigenvalue weighted by molar-refractivity contribution is 6.30. The molecule has 0 bridgehead atoms. The number of ether oxygens (including phenoxy) is 1. The standard InChI is InChI=1S/C14H13ClF3N3O4/c15-10-3-8(14(16,17)18)4-20(12(10)23)6-11(22)19-1-2-21-9(5-19)7-25-13(21)24/h3-4,9H,1-2,5-7H2. The van der Waals surface area contributed by atoms with Crippen LogP contribution in [0.25, 0.3) is 0 Å². The fourth-order valence-electron chi connectivity index (χ4n) is 2.83. The zero-order valence-corrected chi connectivity index (χ0v) is 13.5. The molecular formula is C14H13ClF3N3O4. The molecule has 11 heteroatoms. The topological polar surface area (TPSA) is 71.9 Å². The van der Waals surface area contributed by atoms with Crippen molar-refractivity contribution in [2.24, 2.45) is 0 Å². The van der Waals surface area contributed by atoms with Crippen LogP contribution >= 0.6 is 11.6 Å². The van der Waals surface area contributed by atoms with Crippen LogP contribution in [0.2, 0.25) is 5.02 Å². The Balaban J connectivity index is 1.76. The predicted molar refractivity (Wildman–Crippen MR) is 79.1 cm³/mol. The fourth-order valence-corrected chi connectivity index (χ4v) is 3.06. The number of carbonyl (C=O) groups excluding carboxylic acids is 2. The van der Waals surface area contributed by atoms with Crippen molar-refractivity contribution < 1.29 is 27.5 Å². The summed E-state index contributed by atoms with van der Waals surface area (Å²) in [5, 5.41) is -0.609. The van der Waals surface area contributed by atoms with Crippen molar-refractivity contribution in [3.05, 3.63) is 33.2 Å². The van der Waals surface area contributed by atoms with Crippen LogP contribution in [-0.2, 0) is 22.3 Å². The van der Waals surface area contributed by atoms with Crippen LogP contribution in [0.15, 0.2) is 17.1 Å².